The Morgan fingerprint density at radius 3 is 2.75 bits per heavy atom. The molecule has 0 aliphatic carbocycles. The van der Waals surface area contributed by atoms with Crippen LogP contribution in [0.15, 0.2) is 42.5 Å². The summed E-state index contributed by atoms with van der Waals surface area (Å²) in [5.41, 5.74) is 3.23. The molecule has 3 heteroatoms. The highest BCUT2D eigenvalue weighted by Crippen LogP contribution is 2.25. The Labute approximate surface area is 120 Å². The zero-order valence-electron chi connectivity index (χ0n) is 12.2. The van der Waals surface area contributed by atoms with Crippen molar-refractivity contribution in [3.8, 4) is 11.5 Å². The average molecular weight is 271 g/mol. The van der Waals surface area contributed by atoms with E-state index in [0.717, 1.165) is 29.0 Å². The summed E-state index contributed by atoms with van der Waals surface area (Å²) >= 11 is 0. The van der Waals surface area contributed by atoms with Gasteiger partial charge in [-0.1, -0.05) is 29.8 Å². The molecule has 20 heavy (non-hydrogen) atoms. The van der Waals surface area contributed by atoms with Crippen molar-refractivity contribution in [1.29, 1.82) is 0 Å². The largest absolute Gasteiger partial charge is 0.508 e. The average Bonchev–Trinajstić information content (AvgIpc) is 2.47. The number of methoxy groups -OCH3 is 1. The van der Waals surface area contributed by atoms with Gasteiger partial charge in [0.25, 0.3) is 0 Å². The number of nitrogens with one attached hydrogen (secondary N) is 1. The topological polar surface area (TPSA) is 41.5 Å². The molecular formula is C17H21NO2. The predicted molar refractivity (Wildman–Crippen MR) is 81.1 cm³/mol. The molecule has 106 valence electrons. The van der Waals surface area contributed by atoms with Crippen molar-refractivity contribution >= 4 is 0 Å². The molecule has 0 radical (unpaired) electrons. The van der Waals surface area contributed by atoms with Gasteiger partial charge in [0, 0.05) is 18.2 Å². The van der Waals surface area contributed by atoms with Gasteiger partial charge >= 0.3 is 0 Å². The minimum Gasteiger partial charge on any atom is -0.508 e. The summed E-state index contributed by atoms with van der Waals surface area (Å²) < 4.78 is 5.21. The fourth-order valence-corrected chi connectivity index (χ4v) is 2.18. The third-order valence-electron chi connectivity index (χ3n) is 3.40. The first kappa shape index (κ1) is 14.4. The third-order valence-corrected chi connectivity index (χ3v) is 3.40. The number of aromatic hydroxyl groups is 1. The van der Waals surface area contributed by atoms with Crippen molar-refractivity contribution in [2.75, 3.05) is 7.11 Å². The Morgan fingerprint density at radius 1 is 1.20 bits per heavy atom. The van der Waals surface area contributed by atoms with Crippen molar-refractivity contribution < 1.29 is 9.84 Å². The van der Waals surface area contributed by atoms with Crippen LogP contribution in [0.25, 0.3) is 0 Å². The Bertz CT molecular complexity index is 581. The molecular weight excluding hydrogens is 250 g/mol. The van der Waals surface area contributed by atoms with E-state index in [9.17, 15) is 5.11 Å². The molecule has 0 heterocycles. The molecule has 2 aromatic carbocycles. The van der Waals surface area contributed by atoms with Gasteiger partial charge in [0.1, 0.15) is 11.5 Å². The second kappa shape index (κ2) is 6.44. The van der Waals surface area contributed by atoms with Crippen molar-refractivity contribution in [3.63, 3.8) is 0 Å². The van der Waals surface area contributed by atoms with Crippen LogP contribution in [0.4, 0.5) is 0 Å². The van der Waals surface area contributed by atoms with Crippen LogP contribution in [0.5, 0.6) is 11.5 Å². The molecule has 2 rings (SSSR count). The van der Waals surface area contributed by atoms with Gasteiger partial charge in [-0.15, -0.1) is 0 Å². The molecule has 0 aromatic heterocycles. The van der Waals surface area contributed by atoms with E-state index in [2.05, 4.69) is 18.3 Å². The van der Waals surface area contributed by atoms with Gasteiger partial charge in [-0.25, -0.2) is 0 Å². The lowest BCUT2D eigenvalue weighted by Gasteiger charge is -2.16. The lowest BCUT2D eigenvalue weighted by molar-refractivity contribution is 0.413. The molecule has 0 amide bonds. The van der Waals surface area contributed by atoms with Gasteiger partial charge in [0.05, 0.1) is 7.11 Å². The minimum atomic E-state index is 0.0844. The minimum absolute atomic E-state index is 0.0844. The van der Waals surface area contributed by atoms with Crippen LogP contribution in [-0.4, -0.2) is 12.2 Å². The fourth-order valence-electron chi connectivity index (χ4n) is 2.18. The quantitative estimate of drug-likeness (QED) is 0.873. The zero-order chi connectivity index (χ0) is 14.5. The molecule has 0 spiro atoms. The maximum Gasteiger partial charge on any atom is 0.120 e. The van der Waals surface area contributed by atoms with Gasteiger partial charge in [-0.05, 0) is 37.6 Å². The summed E-state index contributed by atoms with van der Waals surface area (Å²) in [7, 11) is 1.67. The number of ether oxygens (including phenoxy) is 1. The maximum absolute atomic E-state index is 9.92. The lowest BCUT2D eigenvalue weighted by atomic mass is 10.0. The van der Waals surface area contributed by atoms with Crippen molar-refractivity contribution in [2.45, 2.75) is 26.4 Å². The first-order valence-electron chi connectivity index (χ1n) is 6.76. The van der Waals surface area contributed by atoms with E-state index in [-0.39, 0.29) is 6.04 Å². The number of hydrogen-bond acceptors (Lipinski definition) is 3. The maximum atomic E-state index is 9.92. The smallest absolute Gasteiger partial charge is 0.120 e. The molecule has 2 N–H and O–H groups in total. The summed E-state index contributed by atoms with van der Waals surface area (Å²) in [6, 6.07) is 13.7. The van der Waals surface area contributed by atoms with Gasteiger partial charge in [0.15, 0.2) is 0 Å². The van der Waals surface area contributed by atoms with Crippen LogP contribution in [-0.2, 0) is 6.54 Å². The van der Waals surface area contributed by atoms with E-state index in [0.29, 0.717) is 5.75 Å². The molecule has 1 unspecified atom stereocenters. The number of phenolic OH excluding ortho intramolecular Hbond substituents is 1. The Morgan fingerprint density at radius 2 is 2.00 bits per heavy atom. The Balaban J connectivity index is 2.04. The standard InChI is InChI=1S/C17H21NO2/c1-12-7-8-17(19)16(9-12)13(2)18-11-14-5-4-6-15(10-14)20-3/h4-10,13,18-19H,11H2,1-3H3. The molecule has 0 bridgehead atoms. The molecule has 0 aliphatic rings. The van der Waals surface area contributed by atoms with Crippen LogP contribution in [0.1, 0.15) is 29.7 Å². The predicted octanol–water partition coefficient (Wildman–Crippen LogP) is 3.56. The highest BCUT2D eigenvalue weighted by Gasteiger charge is 2.10. The summed E-state index contributed by atoms with van der Waals surface area (Å²) in [5, 5.41) is 13.3. The molecule has 3 nitrogen and oxygen atoms in total. The van der Waals surface area contributed by atoms with Crippen LogP contribution in [0.3, 0.4) is 0 Å². The zero-order valence-corrected chi connectivity index (χ0v) is 12.2. The normalized spacial score (nSPS) is 12.2. The summed E-state index contributed by atoms with van der Waals surface area (Å²) in [5.74, 6) is 1.19. The number of hydrogen-bond donors (Lipinski definition) is 2. The van der Waals surface area contributed by atoms with Crippen LogP contribution < -0.4 is 10.1 Å². The van der Waals surface area contributed by atoms with E-state index in [1.807, 2.05) is 37.3 Å². The van der Waals surface area contributed by atoms with Gasteiger partial charge in [0.2, 0.25) is 0 Å². The SMILES string of the molecule is COc1cccc(CNC(C)c2cc(C)ccc2O)c1. The lowest BCUT2D eigenvalue weighted by Crippen LogP contribution is -2.18. The van der Waals surface area contributed by atoms with Crippen LogP contribution in [0, 0.1) is 6.92 Å². The summed E-state index contributed by atoms with van der Waals surface area (Å²) in [6.45, 7) is 4.80. The van der Waals surface area contributed by atoms with E-state index >= 15 is 0 Å². The second-order valence-electron chi connectivity index (χ2n) is 5.02. The van der Waals surface area contributed by atoms with E-state index in [1.165, 1.54) is 0 Å². The van der Waals surface area contributed by atoms with Gasteiger partial charge in [-0.3, -0.25) is 0 Å². The van der Waals surface area contributed by atoms with Gasteiger partial charge < -0.3 is 15.2 Å². The number of phenols is 1. The van der Waals surface area contributed by atoms with Crippen LogP contribution in [0.2, 0.25) is 0 Å². The number of rotatable bonds is 5. The first-order valence-corrected chi connectivity index (χ1v) is 6.76. The molecule has 0 aliphatic heterocycles. The fraction of sp³-hybridized carbons (Fsp3) is 0.294. The third kappa shape index (κ3) is 3.52. The molecule has 1 atom stereocenters. The van der Waals surface area contributed by atoms with Gasteiger partial charge in [-0.2, -0.15) is 0 Å². The highest BCUT2D eigenvalue weighted by atomic mass is 16.5. The van der Waals surface area contributed by atoms with E-state index < -0.39 is 0 Å². The summed E-state index contributed by atoms with van der Waals surface area (Å²) in [4.78, 5) is 0. The monoisotopic (exact) mass is 271 g/mol. The second-order valence-corrected chi connectivity index (χ2v) is 5.02. The Hall–Kier alpha value is -2.00. The van der Waals surface area contributed by atoms with E-state index in [1.54, 1.807) is 13.2 Å². The van der Waals surface area contributed by atoms with Crippen LogP contribution >= 0.6 is 0 Å². The molecule has 0 fully saturated rings. The Kier molecular flexibility index (Phi) is 4.64. The highest BCUT2D eigenvalue weighted by molar-refractivity contribution is 5.38. The molecule has 2 aromatic rings. The van der Waals surface area contributed by atoms with Crippen molar-refractivity contribution in [1.82, 2.24) is 5.32 Å². The van der Waals surface area contributed by atoms with E-state index in [4.69, 9.17) is 4.74 Å². The van der Waals surface area contributed by atoms with Crippen molar-refractivity contribution in [3.05, 3.63) is 59.2 Å². The first-order chi connectivity index (χ1) is 9.60. The van der Waals surface area contributed by atoms with Crippen molar-refractivity contribution in [2.24, 2.45) is 0 Å². The number of aryl methyl sites for hydroxylation is 1. The molecule has 0 saturated carbocycles. The molecule has 0 saturated heterocycles. The number of benzene rings is 2. The summed E-state index contributed by atoms with van der Waals surface area (Å²) in [6.07, 6.45) is 0.